The van der Waals surface area contributed by atoms with E-state index in [0.717, 1.165) is 0 Å². The third kappa shape index (κ3) is 0.894. The lowest BCUT2D eigenvalue weighted by Crippen LogP contribution is -2.49. The van der Waals surface area contributed by atoms with Crippen molar-refractivity contribution in [3.8, 4) is 0 Å². The largest absolute Gasteiger partial charge is 0.411 e. The molecule has 0 spiro atoms. The molecule has 0 aromatic carbocycles. The number of hydrogen-bond acceptors (Lipinski definition) is 2. The molecule has 0 radical (unpaired) electrons. The van der Waals surface area contributed by atoms with Gasteiger partial charge in [0.15, 0.2) is 5.71 Å². The normalized spacial score (nSPS) is 36.2. The maximum absolute atomic E-state index is 12.4. The van der Waals surface area contributed by atoms with Gasteiger partial charge in [0.05, 0.1) is 0 Å². The van der Waals surface area contributed by atoms with Gasteiger partial charge in [0, 0.05) is 0 Å². The highest BCUT2D eigenvalue weighted by Crippen LogP contribution is 2.55. The van der Waals surface area contributed by atoms with Crippen LogP contribution >= 0.6 is 0 Å². The van der Waals surface area contributed by atoms with Gasteiger partial charge in [-0.25, -0.2) is 4.39 Å². The Kier molecular flexibility index (Phi) is 1.98. The monoisotopic (exact) mass is 225 g/mol. The first-order valence-corrected chi connectivity index (χ1v) is 3.10. The van der Waals surface area contributed by atoms with Crippen LogP contribution in [0.3, 0.4) is 0 Å². The molecule has 0 saturated heterocycles. The Balaban J connectivity index is 3.38. The fourth-order valence-electron chi connectivity index (χ4n) is 0.974. The van der Waals surface area contributed by atoms with E-state index in [1.807, 2.05) is 0 Å². The van der Waals surface area contributed by atoms with E-state index in [1.165, 1.54) is 5.16 Å². The lowest BCUT2D eigenvalue weighted by molar-refractivity contribution is -0.272. The Labute approximate surface area is 72.0 Å². The van der Waals surface area contributed by atoms with Crippen molar-refractivity contribution in [3.05, 3.63) is 0 Å². The summed E-state index contributed by atoms with van der Waals surface area (Å²) < 4.78 is 86.1. The highest BCUT2D eigenvalue weighted by molar-refractivity contribution is 5.99. The highest BCUT2D eigenvalue weighted by Gasteiger charge is 2.85. The molecule has 1 aliphatic rings. The van der Waals surface area contributed by atoms with Gasteiger partial charge in [-0.15, -0.1) is 0 Å². The van der Waals surface area contributed by atoms with Gasteiger partial charge in [0.25, 0.3) is 0 Å². The summed E-state index contributed by atoms with van der Waals surface area (Å²) >= 11 is 0. The predicted octanol–water partition coefficient (Wildman–Crippen LogP) is 2.07. The molecule has 9 heteroatoms. The zero-order chi connectivity index (χ0) is 11.4. The Morgan fingerprint density at radius 2 is 1.50 bits per heavy atom. The second-order valence-electron chi connectivity index (χ2n) is 2.62. The summed E-state index contributed by atoms with van der Waals surface area (Å²) in [6.07, 6.45) is -4.00. The first kappa shape index (κ1) is 11.1. The molecule has 1 saturated carbocycles. The van der Waals surface area contributed by atoms with Gasteiger partial charge in [0.1, 0.15) is 0 Å². The Hall–Kier alpha value is -1.02. The minimum Gasteiger partial charge on any atom is -0.411 e. The molecular weight excluding hydrogens is 223 g/mol. The van der Waals surface area contributed by atoms with Gasteiger partial charge in [0.2, 0.25) is 6.17 Å². The van der Waals surface area contributed by atoms with E-state index in [-0.39, 0.29) is 0 Å². The molecule has 1 fully saturated rings. The average Bonchev–Trinajstić information content (AvgIpc) is 2.10. The molecule has 0 aliphatic heterocycles. The quantitative estimate of drug-likeness (QED) is 0.382. The van der Waals surface area contributed by atoms with Gasteiger partial charge in [-0.2, -0.15) is 26.3 Å². The van der Waals surface area contributed by atoms with Crippen LogP contribution in [0.15, 0.2) is 5.16 Å². The predicted molar refractivity (Wildman–Crippen MR) is 29.0 cm³/mol. The second-order valence-corrected chi connectivity index (χ2v) is 2.62. The Morgan fingerprint density at radius 1 is 1.07 bits per heavy atom. The topological polar surface area (TPSA) is 32.6 Å². The molecule has 2 nitrogen and oxygen atoms in total. The third-order valence-electron chi connectivity index (χ3n) is 1.80. The van der Waals surface area contributed by atoms with Gasteiger partial charge in [-0.1, -0.05) is 5.16 Å². The number of hydrogen-bond donors (Lipinski definition) is 1. The average molecular weight is 225 g/mol. The minimum atomic E-state index is -5.90. The van der Waals surface area contributed by atoms with Crippen LogP contribution in [0.4, 0.5) is 30.7 Å². The lowest BCUT2D eigenvalue weighted by Gasteiger charge is -2.21. The molecule has 1 atom stereocenters. The molecule has 0 aromatic rings. The summed E-state index contributed by atoms with van der Waals surface area (Å²) in [5, 5.41) is 9.18. The van der Waals surface area contributed by atoms with Crippen LogP contribution in [-0.2, 0) is 0 Å². The van der Waals surface area contributed by atoms with Crippen LogP contribution < -0.4 is 0 Å². The van der Waals surface area contributed by atoms with Gasteiger partial charge in [-0.3, -0.25) is 0 Å². The van der Waals surface area contributed by atoms with E-state index in [1.54, 1.807) is 0 Å². The van der Waals surface area contributed by atoms with Crippen LogP contribution in [-0.4, -0.2) is 34.9 Å². The third-order valence-corrected chi connectivity index (χ3v) is 1.80. The van der Waals surface area contributed by atoms with Crippen molar-refractivity contribution in [1.29, 1.82) is 0 Å². The van der Waals surface area contributed by atoms with Crippen molar-refractivity contribution in [1.82, 2.24) is 0 Å². The maximum Gasteiger partial charge on any atom is 0.381 e. The minimum absolute atomic E-state index is 1.44. The first-order valence-electron chi connectivity index (χ1n) is 3.10. The summed E-state index contributed by atoms with van der Waals surface area (Å²) in [6.45, 7) is 0. The molecule has 1 N–H and O–H groups in total. The molecule has 1 aliphatic carbocycles. The van der Waals surface area contributed by atoms with Crippen LogP contribution in [0, 0.1) is 0 Å². The maximum atomic E-state index is 12.4. The van der Waals surface area contributed by atoms with Gasteiger partial charge >= 0.3 is 17.8 Å². The lowest BCUT2D eigenvalue weighted by atomic mass is 10.2. The highest BCUT2D eigenvalue weighted by atomic mass is 19.3. The van der Waals surface area contributed by atoms with Crippen molar-refractivity contribution in [2.75, 3.05) is 0 Å². The van der Waals surface area contributed by atoms with E-state index in [0.29, 0.717) is 0 Å². The standard InChI is InChI=1S/C5H2F7NO/c6-1-2(13-14)4(9,10)5(11,12)3(1,7)8/h1,14H/b13-2+. The molecule has 0 aromatic heterocycles. The first-order chi connectivity index (χ1) is 6.10. The number of halogens is 7. The summed E-state index contributed by atoms with van der Waals surface area (Å²) in [4.78, 5) is 0. The van der Waals surface area contributed by atoms with Crippen molar-refractivity contribution in [3.63, 3.8) is 0 Å². The molecule has 1 rings (SSSR count). The van der Waals surface area contributed by atoms with Crippen molar-refractivity contribution < 1.29 is 35.9 Å². The zero-order valence-electron chi connectivity index (χ0n) is 6.12. The van der Waals surface area contributed by atoms with E-state index < -0.39 is 29.7 Å². The molecule has 0 amide bonds. The van der Waals surface area contributed by atoms with Gasteiger partial charge < -0.3 is 5.21 Å². The van der Waals surface area contributed by atoms with Crippen LogP contribution in [0.2, 0.25) is 0 Å². The fraction of sp³-hybridized carbons (Fsp3) is 0.800. The SMILES string of the molecule is O/N=C1\C(F)C(F)(F)C(F)(F)C1(F)F. The molecule has 0 bridgehead atoms. The summed E-state index contributed by atoms with van der Waals surface area (Å²) in [5.74, 6) is -17.0. The number of oxime groups is 1. The second kappa shape index (κ2) is 2.51. The smallest absolute Gasteiger partial charge is 0.381 e. The Bertz CT molecular complexity index is 286. The van der Waals surface area contributed by atoms with Crippen molar-refractivity contribution in [2.45, 2.75) is 23.9 Å². The van der Waals surface area contributed by atoms with E-state index in [4.69, 9.17) is 5.21 Å². The van der Waals surface area contributed by atoms with E-state index in [9.17, 15) is 30.7 Å². The molecule has 0 heterocycles. The van der Waals surface area contributed by atoms with Crippen LogP contribution in [0.1, 0.15) is 0 Å². The van der Waals surface area contributed by atoms with Crippen LogP contribution in [0.5, 0.6) is 0 Å². The van der Waals surface area contributed by atoms with E-state index in [2.05, 4.69) is 0 Å². The fourth-order valence-corrected chi connectivity index (χ4v) is 0.974. The van der Waals surface area contributed by atoms with Gasteiger partial charge in [-0.05, 0) is 0 Å². The Morgan fingerprint density at radius 3 is 1.64 bits per heavy atom. The number of alkyl halides is 7. The van der Waals surface area contributed by atoms with Crippen LogP contribution in [0.25, 0.3) is 0 Å². The number of rotatable bonds is 0. The molecule has 82 valence electrons. The van der Waals surface area contributed by atoms with Crippen molar-refractivity contribution >= 4 is 5.71 Å². The summed E-state index contributed by atoms with van der Waals surface area (Å²) in [6, 6.07) is 0. The summed E-state index contributed by atoms with van der Waals surface area (Å²) in [7, 11) is 0. The zero-order valence-corrected chi connectivity index (χ0v) is 6.12. The molecule has 14 heavy (non-hydrogen) atoms. The number of nitrogens with zero attached hydrogens (tertiary/aromatic N) is 1. The molecular formula is C5H2F7NO. The van der Waals surface area contributed by atoms with Crippen molar-refractivity contribution in [2.24, 2.45) is 5.16 Å². The van der Waals surface area contributed by atoms with E-state index >= 15 is 0 Å². The molecule has 1 unspecified atom stereocenters. The summed E-state index contributed by atoms with van der Waals surface area (Å²) in [5.41, 5.74) is -2.56.